The molecule has 8 aromatic rings. The van der Waals surface area contributed by atoms with Crippen LogP contribution in [-0.4, -0.2) is 40.4 Å². The molecule has 9 heteroatoms. The molecule has 0 bridgehead atoms. The SMILES string of the molecule is CC(=O)Nc1cccc(N(C)c2ccc3c(/C=C/c4ccccc4)n[nH]c3c2)c1.CN(c1cccc(N)c1)c1ccc2c(/C=C/c3ccccc3)n[nH]c2c1. The van der Waals surface area contributed by atoms with Gasteiger partial charge in [0.2, 0.25) is 5.91 Å². The molecule has 0 atom stereocenters. The van der Waals surface area contributed by atoms with Crippen molar-refractivity contribution in [3.63, 3.8) is 0 Å². The summed E-state index contributed by atoms with van der Waals surface area (Å²) in [6.07, 6.45) is 8.19. The lowest BCUT2D eigenvalue weighted by Gasteiger charge is -2.20. The number of nitrogens with one attached hydrogen (secondary N) is 3. The van der Waals surface area contributed by atoms with Crippen LogP contribution >= 0.6 is 0 Å². The van der Waals surface area contributed by atoms with Gasteiger partial charge >= 0.3 is 0 Å². The lowest BCUT2D eigenvalue weighted by molar-refractivity contribution is -0.114. The van der Waals surface area contributed by atoms with Crippen LogP contribution in [0.1, 0.15) is 29.4 Å². The first-order valence-electron chi connectivity index (χ1n) is 17.9. The molecular weight excluding hydrogens is 681 g/mol. The van der Waals surface area contributed by atoms with Gasteiger partial charge < -0.3 is 20.9 Å². The van der Waals surface area contributed by atoms with Crippen molar-refractivity contribution in [2.75, 3.05) is 34.9 Å². The molecule has 5 N–H and O–H groups in total. The van der Waals surface area contributed by atoms with Gasteiger partial charge in [0.05, 0.1) is 22.4 Å². The number of fused-ring (bicyclic) bond motifs is 2. The fraction of sp³-hybridized carbons (Fsp3) is 0.0652. The average Bonchev–Trinajstić information content (AvgIpc) is 3.82. The quantitative estimate of drug-likeness (QED) is 0.110. The molecule has 6 aromatic carbocycles. The number of rotatable bonds is 9. The second-order valence-corrected chi connectivity index (χ2v) is 13.1. The van der Waals surface area contributed by atoms with Gasteiger partial charge in [-0.05, 0) is 96.1 Å². The number of aromatic amines is 2. The number of benzene rings is 6. The minimum Gasteiger partial charge on any atom is -0.399 e. The molecule has 0 unspecified atom stereocenters. The van der Waals surface area contributed by atoms with Crippen molar-refractivity contribution >= 4 is 86.1 Å². The minimum atomic E-state index is -0.0835. The van der Waals surface area contributed by atoms with Crippen molar-refractivity contribution in [3.8, 4) is 0 Å². The number of amides is 1. The maximum absolute atomic E-state index is 11.3. The van der Waals surface area contributed by atoms with Crippen LogP contribution in [-0.2, 0) is 4.79 Å². The van der Waals surface area contributed by atoms with Crippen molar-refractivity contribution in [2.24, 2.45) is 0 Å². The van der Waals surface area contributed by atoms with E-state index in [1.165, 1.54) is 6.92 Å². The van der Waals surface area contributed by atoms with Crippen LogP contribution in [0.5, 0.6) is 0 Å². The fourth-order valence-electron chi connectivity index (χ4n) is 6.23. The van der Waals surface area contributed by atoms with Gasteiger partial charge in [0, 0.05) is 65.9 Å². The van der Waals surface area contributed by atoms with Crippen LogP contribution in [0, 0.1) is 0 Å². The standard InChI is InChI=1S/C24H22N4O.C22H20N4/c1-17(29)25-19-9-6-10-20(15-19)28(2)21-12-13-22-23(26-27-24(22)16-21)14-11-18-7-4-3-5-8-18;1-26(18-9-5-8-17(23)14-18)19-11-12-20-21(24-25-22(20)15-19)13-10-16-6-3-2-4-7-16/h3-16H,1-2H3,(H,25,29)(H,26,27);2-15H,23H2,1H3,(H,24,25)/b14-11+;13-10+. The maximum atomic E-state index is 11.3. The van der Waals surface area contributed by atoms with Crippen LogP contribution in [0.25, 0.3) is 46.1 Å². The third-order valence-electron chi connectivity index (χ3n) is 9.20. The van der Waals surface area contributed by atoms with Crippen LogP contribution in [0.3, 0.4) is 0 Å². The van der Waals surface area contributed by atoms with Gasteiger partial charge in [0.25, 0.3) is 0 Å². The number of hydrogen-bond acceptors (Lipinski definition) is 6. The number of carbonyl (C=O) groups excluding carboxylic acids is 1. The highest BCUT2D eigenvalue weighted by Crippen LogP contribution is 2.31. The Bertz CT molecular complexity index is 2610. The summed E-state index contributed by atoms with van der Waals surface area (Å²) in [7, 11) is 4.03. The lowest BCUT2D eigenvalue weighted by Crippen LogP contribution is -2.11. The Labute approximate surface area is 320 Å². The van der Waals surface area contributed by atoms with Gasteiger partial charge in [-0.3, -0.25) is 15.0 Å². The Morgan fingerprint density at radius 1 is 0.564 bits per heavy atom. The molecule has 0 aliphatic carbocycles. The van der Waals surface area contributed by atoms with Gasteiger partial charge in [-0.25, -0.2) is 0 Å². The van der Waals surface area contributed by atoms with E-state index in [4.69, 9.17) is 5.73 Å². The van der Waals surface area contributed by atoms with Crippen molar-refractivity contribution in [2.45, 2.75) is 6.92 Å². The van der Waals surface area contributed by atoms with E-state index in [-0.39, 0.29) is 5.91 Å². The summed E-state index contributed by atoms with van der Waals surface area (Å²) >= 11 is 0. The Kier molecular flexibility index (Phi) is 10.8. The summed E-state index contributed by atoms with van der Waals surface area (Å²) in [5, 5.41) is 20.1. The van der Waals surface area contributed by atoms with Crippen LogP contribution in [0.4, 0.5) is 34.1 Å². The molecule has 0 saturated heterocycles. The first kappa shape index (κ1) is 36.0. The summed E-state index contributed by atoms with van der Waals surface area (Å²) < 4.78 is 0. The normalized spacial score (nSPS) is 11.2. The zero-order valence-corrected chi connectivity index (χ0v) is 30.9. The first-order valence-corrected chi connectivity index (χ1v) is 17.9. The molecule has 0 saturated carbocycles. The largest absolute Gasteiger partial charge is 0.399 e. The minimum absolute atomic E-state index is 0.0835. The molecule has 0 aliphatic heterocycles. The lowest BCUT2D eigenvalue weighted by atomic mass is 10.1. The maximum Gasteiger partial charge on any atom is 0.221 e. The van der Waals surface area contributed by atoms with E-state index in [0.717, 1.165) is 78.4 Å². The van der Waals surface area contributed by atoms with E-state index < -0.39 is 0 Å². The monoisotopic (exact) mass is 722 g/mol. The highest BCUT2D eigenvalue weighted by atomic mass is 16.1. The molecule has 0 aliphatic rings. The van der Waals surface area contributed by atoms with Gasteiger partial charge in [-0.15, -0.1) is 0 Å². The molecule has 0 spiro atoms. The van der Waals surface area contributed by atoms with Gasteiger partial charge in [0.15, 0.2) is 0 Å². The summed E-state index contributed by atoms with van der Waals surface area (Å²) in [5.74, 6) is -0.0835. The first-order chi connectivity index (χ1) is 26.8. The zero-order valence-electron chi connectivity index (χ0n) is 30.9. The van der Waals surface area contributed by atoms with Gasteiger partial charge in [-0.1, -0.05) is 84.9 Å². The number of aromatic nitrogens is 4. The Balaban J connectivity index is 0.000000170. The third-order valence-corrected chi connectivity index (χ3v) is 9.20. The topological polar surface area (TPSA) is 119 Å². The van der Waals surface area contributed by atoms with Crippen molar-refractivity contribution in [1.82, 2.24) is 20.4 Å². The number of H-pyrrole nitrogens is 2. The Hall–Kier alpha value is -7.39. The number of hydrogen-bond donors (Lipinski definition) is 4. The van der Waals surface area contributed by atoms with E-state index in [1.807, 2.05) is 111 Å². The molecule has 0 radical (unpaired) electrons. The number of nitrogens with two attached hydrogens (primary N) is 1. The van der Waals surface area contributed by atoms with Gasteiger partial charge in [0.1, 0.15) is 0 Å². The second kappa shape index (κ2) is 16.5. The van der Waals surface area contributed by atoms with E-state index in [0.29, 0.717) is 0 Å². The molecule has 272 valence electrons. The molecule has 1 amide bonds. The highest BCUT2D eigenvalue weighted by molar-refractivity contribution is 5.93. The second-order valence-electron chi connectivity index (χ2n) is 13.1. The number of carbonyl (C=O) groups is 1. The number of anilines is 6. The summed E-state index contributed by atoms with van der Waals surface area (Å²) in [6.45, 7) is 1.51. The van der Waals surface area contributed by atoms with E-state index >= 15 is 0 Å². The number of nitrogens with zero attached hydrogens (tertiary/aromatic N) is 4. The fourth-order valence-corrected chi connectivity index (χ4v) is 6.23. The molecule has 8 rings (SSSR count). The molecule has 0 fully saturated rings. The Morgan fingerprint density at radius 3 is 1.53 bits per heavy atom. The third kappa shape index (κ3) is 8.81. The highest BCUT2D eigenvalue weighted by Gasteiger charge is 2.11. The molecule has 2 aromatic heterocycles. The van der Waals surface area contributed by atoms with Crippen LogP contribution in [0.15, 0.2) is 146 Å². The van der Waals surface area contributed by atoms with Crippen molar-refractivity contribution in [1.29, 1.82) is 0 Å². The Morgan fingerprint density at radius 2 is 1.04 bits per heavy atom. The van der Waals surface area contributed by atoms with Crippen LogP contribution < -0.4 is 20.9 Å². The van der Waals surface area contributed by atoms with E-state index in [9.17, 15) is 4.79 Å². The predicted octanol–water partition coefficient (Wildman–Crippen LogP) is 10.5. The predicted molar refractivity (Wildman–Crippen MR) is 231 cm³/mol. The van der Waals surface area contributed by atoms with E-state index in [2.05, 4.69) is 108 Å². The van der Waals surface area contributed by atoms with Crippen molar-refractivity contribution in [3.05, 3.63) is 168 Å². The average molecular weight is 723 g/mol. The van der Waals surface area contributed by atoms with Gasteiger partial charge in [-0.2, -0.15) is 10.2 Å². The van der Waals surface area contributed by atoms with Crippen LogP contribution in [0.2, 0.25) is 0 Å². The molecule has 2 heterocycles. The molecule has 55 heavy (non-hydrogen) atoms. The summed E-state index contributed by atoms with van der Waals surface area (Å²) in [5.41, 5.74) is 17.7. The summed E-state index contributed by atoms with van der Waals surface area (Å²) in [6, 6.07) is 48.5. The number of nitrogen functional groups attached to an aromatic ring is 1. The molecule has 9 nitrogen and oxygen atoms in total. The summed E-state index contributed by atoms with van der Waals surface area (Å²) in [4.78, 5) is 15.5. The zero-order chi connectivity index (χ0) is 38.1. The van der Waals surface area contributed by atoms with Crippen molar-refractivity contribution < 1.29 is 4.79 Å². The van der Waals surface area contributed by atoms with E-state index in [1.54, 1.807) is 0 Å². The smallest absolute Gasteiger partial charge is 0.221 e. The molecular formula is C46H42N8O.